The van der Waals surface area contributed by atoms with Crippen LogP contribution in [-0.4, -0.2) is 19.3 Å². The number of allylic oxidation sites excluding steroid dienone is 1. The highest BCUT2D eigenvalue weighted by Gasteiger charge is 2.10. The van der Waals surface area contributed by atoms with Gasteiger partial charge in [0.15, 0.2) is 0 Å². The SMILES string of the molecule is COc1ccc(OC)c(/C(O)=C(/C)N)c1. The molecule has 0 saturated carbocycles. The summed E-state index contributed by atoms with van der Waals surface area (Å²) in [5.41, 5.74) is 6.38. The molecule has 0 atom stereocenters. The molecule has 0 fully saturated rings. The maximum absolute atomic E-state index is 9.75. The molecule has 0 radical (unpaired) electrons. The first-order valence-corrected chi connectivity index (χ1v) is 4.48. The maximum Gasteiger partial charge on any atom is 0.145 e. The summed E-state index contributed by atoms with van der Waals surface area (Å²) >= 11 is 0. The van der Waals surface area contributed by atoms with Crippen LogP contribution in [0.4, 0.5) is 0 Å². The standard InChI is InChI=1S/C11H15NO3/c1-7(12)11(13)9-6-8(14-2)4-5-10(9)15-3/h4-6,13H,12H2,1-3H3/b11-7+. The van der Waals surface area contributed by atoms with Crippen molar-refractivity contribution in [1.29, 1.82) is 0 Å². The molecule has 1 rings (SSSR count). The Hall–Kier alpha value is -1.84. The van der Waals surface area contributed by atoms with Gasteiger partial charge in [-0.2, -0.15) is 0 Å². The molecule has 0 heterocycles. The third kappa shape index (κ3) is 2.34. The average Bonchev–Trinajstić information content (AvgIpc) is 2.27. The van der Waals surface area contributed by atoms with Crippen molar-refractivity contribution in [3.63, 3.8) is 0 Å². The van der Waals surface area contributed by atoms with Crippen LogP contribution in [-0.2, 0) is 0 Å². The fourth-order valence-electron chi connectivity index (χ4n) is 1.21. The predicted molar refractivity (Wildman–Crippen MR) is 59.0 cm³/mol. The number of hydrogen-bond donors (Lipinski definition) is 2. The van der Waals surface area contributed by atoms with Crippen molar-refractivity contribution in [3.8, 4) is 11.5 Å². The Morgan fingerprint density at radius 1 is 1.27 bits per heavy atom. The van der Waals surface area contributed by atoms with E-state index in [0.717, 1.165) is 0 Å². The van der Waals surface area contributed by atoms with Gasteiger partial charge >= 0.3 is 0 Å². The lowest BCUT2D eigenvalue weighted by atomic mass is 10.1. The maximum atomic E-state index is 9.75. The summed E-state index contributed by atoms with van der Waals surface area (Å²) in [6, 6.07) is 5.14. The number of benzene rings is 1. The van der Waals surface area contributed by atoms with Crippen molar-refractivity contribution in [1.82, 2.24) is 0 Å². The van der Waals surface area contributed by atoms with Crippen LogP contribution in [0.15, 0.2) is 23.9 Å². The van der Waals surface area contributed by atoms with E-state index >= 15 is 0 Å². The minimum Gasteiger partial charge on any atom is -0.505 e. The lowest BCUT2D eigenvalue weighted by molar-refractivity contribution is 0.397. The Balaban J connectivity index is 3.30. The van der Waals surface area contributed by atoms with Gasteiger partial charge in [0.2, 0.25) is 0 Å². The predicted octanol–water partition coefficient (Wildman–Crippen LogP) is 1.91. The number of hydrogen-bond acceptors (Lipinski definition) is 4. The van der Waals surface area contributed by atoms with Crippen molar-refractivity contribution in [2.45, 2.75) is 6.92 Å². The molecule has 0 saturated heterocycles. The molecule has 0 aliphatic heterocycles. The minimum atomic E-state index is 0.00532. The van der Waals surface area contributed by atoms with Gasteiger partial charge in [0.05, 0.1) is 19.8 Å². The third-order valence-electron chi connectivity index (χ3n) is 2.04. The van der Waals surface area contributed by atoms with Crippen LogP contribution in [0.25, 0.3) is 5.76 Å². The zero-order valence-corrected chi connectivity index (χ0v) is 9.07. The van der Waals surface area contributed by atoms with Gasteiger partial charge in [0, 0.05) is 5.70 Å². The average molecular weight is 209 g/mol. The van der Waals surface area contributed by atoms with E-state index in [-0.39, 0.29) is 5.76 Å². The zero-order chi connectivity index (χ0) is 11.4. The zero-order valence-electron chi connectivity index (χ0n) is 9.07. The van der Waals surface area contributed by atoms with Crippen molar-refractivity contribution >= 4 is 5.76 Å². The highest BCUT2D eigenvalue weighted by atomic mass is 16.5. The van der Waals surface area contributed by atoms with Crippen LogP contribution >= 0.6 is 0 Å². The van der Waals surface area contributed by atoms with E-state index in [1.807, 2.05) is 0 Å². The molecule has 82 valence electrons. The molecule has 15 heavy (non-hydrogen) atoms. The molecule has 0 aromatic heterocycles. The van der Waals surface area contributed by atoms with E-state index in [1.54, 1.807) is 32.2 Å². The van der Waals surface area contributed by atoms with Crippen LogP contribution in [0.5, 0.6) is 11.5 Å². The molecule has 0 bridgehead atoms. The monoisotopic (exact) mass is 209 g/mol. The van der Waals surface area contributed by atoms with Crippen molar-refractivity contribution < 1.29 is 14.6 Å². The minimum absolute atomic E-state index is 0.00532. The van der Waals surface area contributed by atoms with E-state index in [9.17, 15) is 5.11 Å². The van der Waals surface area contributed by atoms with Gasteiger partial charge in [0.25, 0.3) is 0 Å². The van der Waals surface area contributed by atoms with Gasteiger partial charge < -0.3 is 20.3 Å². The molecular weight excluding hydrogens is 194 g/mol. The van der Waals surface area contributed by atoms with Gasteiger partial charge in [-0.25, -0.2) is 0 Å². The number of aliphatic hydroxyl groups excluding tert-OH is 1. The second-order valence-electron chi connectivity index (χ2n) is 3.10. The smallest absolute Gasteiger partial charge is 0.145 e. The molecule has 0 aliphatic carbocycles. The first-order valence-electron chi connectivity index (χ1n) is 4.48. The Bertz CT molecular complexity index is 381. The topological polar surface area (TPSA) is 64.7 Å². The van der Waals surface area contributed by atoms with Gasteiger partial charge in [0.1, 0.15) is 17.3 Å². The molecule has 3 N–H and O–H groups in total. The Labute approximate surface area is 88.9 Å². The quantitative estimate of drug-likeness (QED) is 0.746. The van der Waals surface area contributed by atoms with E-state index < -0.39 is 0 Å². The van der Waals surface area contributed by atoms with Crippen LogP contribution in [0.1, 0.15) is 12.5 Å². The molecule has 4 heteroatoms. The first-order chi connectivity index (χ1) is 7.10. The number of rotatable bonds is 3. The van der Waals surface area contributed by atoms with Crippen LogP contribution in [0, 0.1) is 0 Å². The number of ether oxygens (including phenoxy) is 2. The summed E-state index contributed by atoms with van der Waals surface area (Å²) in [5.74, 6) is 1.20. The summed E-state index contributed by atoms with van der Waals surface area (Å²) in [7, 11) is 3.09. The summed E-state index contributed by atoms with van der Waals surface area (Å²) in [5, 5.41) is 9.75. The largest absolute Gasteiger partial charge is 0.505 e. The Kier molecular flexibility index (Phi) is 3.44. The third-order valence-corrected chi connectivity index (χ3v) is 2.04. The number of nitrogens with two attached hydrogens (primary N) is 1. The van der Waals surface area contributed by atoms with Crippen molar-refractivity contribution in [2.75, 3.05) is 14.2 Å². The highest BCUT2D eigenvalue weighted by molar-refractivity contribution is 5.67. The number of methoxy groups -OCH3 is 2. The molecule has 1 aromatic rings. The van der Waals surface area contributed by atoms with Gasteiger partial charge in [-0.1, -0.05) is 0 Å². The van der Waals surface area contributed by atoms with Gasteiger partial charge in [-0.15, -0.1) is 0 Å². The van der Waals surface area contributed by atoms with E-state index in [0.29, 0.717) is 22.8 Å². The normalized spacial score (nSPS) is 11.9. The molecular formula is C11H15NO3. The second kappa shape index (κ2) is 4.59. The van der Waals surface area contributed by atoms with Crippen molar-refractivity contribution in [3.05, 3.63) is 29.5 Å². The lowest BCUT2D eigenvalue weighted by Crippen LogP contribution is -2.00. The van der Waals surface area contributed by atoms with E-state index in [2.05, 4.69) is 0 Å². The fourth-order valence-corrected chi connectivity index (χ4v) is 1.21. The summed E-state index contributed by atoms with van der Waals surface area (Å²) < 4.78 is 10.2. The van der Waals surface area contributed by atoms with Gasteiger partial charge in [-0.05, 0) is 25.1 Å². The van der Waals surface area contributed by atoms with E-state index in [1.165, 1.54) is 7.11 Å². The van der Waals surface area contributed by atoms with Crippen LogP contribution in [0.3, 0.4) is 0 Å². The highest BCUT2D eigenvalue weighted by Crippen LogP contribution is 2.29. The van der Waals surface area contributed by atoms with Crippen LogP contribution in [0.2, 0.25) is 0 Å². The number of aliphatic hydroxyl groups is 1. The Morgan fingerprint density at radius 3 is 2.40 bits per heavy atom. The molecule has 0 amide bonds. The van der Waals surface area contributed by atoms with Gasteiger partial charge in [-0.3, -0.25) is 0 Å². The van der Waals surface area contributed by atoms with E-state index in [4.69, 9.17) is 15.2 Å². The molecule has 0 aliphatic rings. The Morgan fingerprint density at radius 2 is 1.93 bits per heavy atom. The second-order valence-corrected chi connectivity index (χ2v) is 3.10. The lowest BCUT2D eigenvalue weighted by Gasteiger charge is -2.10. The first kappa shape index (κ1) is 11.2. The van der Waals surface area contributed by atoms with Crippen LogP contribution < -0.4 is 15.2 Å². The van der Waals surface area contributed by atoms with Crippen molar-refractivity contribution in [2.24, 2.45) is 5.73 Å². The molecule has 1 aromatic carbocycles. The summed E-state index contributed by atoms with van der Waals surface area (Å²) in [4.78, 5) is 0. The molecule has 4 nitrogen and oxygen atoms in total. The fraction of sp³-hybridized carbons (Fsp3) is 0.273. The summed E-state index contributed by atoms with van der Waals surface area (Å²) in [6.07, 6.45) is 0. The summed E-state index contributed by atoms with van der Waals surface area (Å²) in [6.45, 7) is 1.62. The molecule has 0 spiro atoms. The molecule has 0 unspecified atom stereocenters.